The molecular formula is C14H18N2O. The van der Waals surface area contributed by atoms with Gasteiger partial charge in [0.05, 0.1) is 0 Å². The predicted octanol–water partition coefficient (Wildman–Crippen LogP) is 2.29. The Hall–Kier alpha value is -1.48. The van der Waals surface area contributed by atoms with Crippen molar-refractivity contribution in [3.8, 4) is 5.75 Å². The van der Waals surface area contributed by atoms with Gasteiger partial charge in [0.1, 0.15) is 5.75 Å². The second-order valence-electron chi connectivity index (χ2n) is 4.94. The molecule has 1 aromatic carbocycles. The quantitative estimate of drug-likeness (QED) is 0.831. The monoisotopic (exact) mass is 230 g/mol. The number of rotatable bonds is 2. The van der Waals surface area contributed by atoms with Crippen LogP contribution in [0.3, 0.4) is 0 Å². The van der Waals surface area contributed by atoms with E-state index in [-0.39, 0.29) is 0 Å². The highest BCUT2D eigenvalue weighted by Crippen LogP contribution is 2.36. The highest BCUT2D eigenvalue weighted by molar-refractivity contribution is 5.89. The number of benzene rings is 1. The molecule has 2 aromatic rings. The van der Waals surface area contributed by atoms with Crippen LogP contribution < -0.4 is 0 Å². The molecule has 0 saturated heterocycles. The third kappa shape index (κ3) is 1.53. The summed E-state index contributed by atoms with van der Waals surface area (Å²) in [5, 5.41) is 11.3. The molecule has 1 atom stereocenters. The van der Waals surface area contributed by atoms with Crippen LogP contribution in [0.5, 0.6) is 5.75 Å². The molecule has 3 heteroatoms. The molecule has 1 heterocycles. The van der Waals surface area contributed by atoms with Crippen LogP contribution in [0.15, 0.2) is 18.3 Å². The zero-order valence-corrected chi connectivity index (χ0v) is 10.3. The molecule has 17 heavy (non-hydrogen) atoms. The van der Waals surface area contributed by atoms with Crippen molar-refractivity contribution in [2.75, 3.05) is 13.6 Å². The summed E-state index contributed by atoms with van der Waals surface area (Å²) in [5.74, 6) is 0.438. The van der Waals surface area contributed by atoms with Gasteiger partial charge in [-0.05, 0) is 44.1 Å². The summed E-state index contributed by atoms with van der Waals surface area (Å²) < 4.78 is 0. The van der Waals surface area contributed by atoms with E-state index < -0.39 is 0 Å². The highest BCUT2D eigenvalue weighted by Gasteiger charge is 2.25. The number of likely N-dealkylation sites (N-methyl/N-ethyl adjacent to an activating group) is 1. The van der Waals surface area contributed by atoms with Gasteiger partial charge in [-0.3, -0.25) is 0 Å². The van der Waals surface area contributed by atoms with Gasteiger partial charge >= 0.3 is 0 Å². The second-order valence-corrected chi connectivity index (χ2v) is 4.94. The van der Waals surface area contributed by atoms with E-state index in [1.165, 1.54) is 10.9 Å². The summed E-state index contributed by atoms with van der Waals surface area (Å²) in [4.78, 5) is 5.65. The van der Waals surface area contributed by atoms with Gasteiger partial charge in [0.15, 0.2) is 0 Å². The molecule has 0 fully saturated rings. The zero-order valence-electron chi connectivity index (χ0n) is 10.3. The average molecular weight is 230 g/mol. The maximum atomic E-state index is 10.0. The standard InChI is InChI=1S/C14H18N2O/c1-3-16(2)10-6-9-8-15-12-4-5-13(17)11(7-10)14(9)12/h4-5,8,10,15,17H,3,6-7H2,1-2H3. The first-order valence-corrected chi connectivity index (χ1v) is 6.21. The minimum Gasteiger partial charge on any atom is -0.508 e. The Kier molecular flexibility index (Phi) is 2.37. The molecule has 0 amide bonds. The van der Waals surface area contributed by atoms with Crippen molar-refractivity contribution in [2.45, 2.75) is 25.8 Å². The van der Waals surface area contributed by atoms with E-state index in [1.807, 2.05) is 6.07 Å². The number of nitrogens with zero attached hydrogens (tertiary/aromatic N) is 1. The van der Waals surface area contributed by atoms with Gasteiger partial charge in [0.2, 0.25) is 0 Å². The normalized spacial score (nSPS) is 19.1. The molecule has 0 aliphatic heterocycles. The van der Waals surface area contributed by atoms with Crippen molar-refractivity contribution >= 4 is 10.9 Å². The Balaban J connectivity index is 2.12. The Morgan fingerprint density at radius 3 is 3.00 bits per heavy atom. The summed E-state index contributed by atoms with van der Waals surface area (Å²) in [5.41, 5.74) is 3.59. The van der Waals surface area contributed by atoms with Gasteiger partial charge in [-0.25, -0.2) is 0 Å². The van der Waals surface area contributed by atoms with Gasteiger partial charge in [0, 0.05) is 28.7 Å². The fraction of sp³-hybridized carbons (Fsp3) is 0.429. The molecule has 90 valence electrons. The number of nitrogens with one attached hydrogen (secondary N) is 1. The minimum atomic E-state index is 0.438. The number of aromatic nitrogens is 1. The van der Waals surface area contributed by atoms with Crippen molar-refractivity contribution in [2.24, 2.45) is 0 Å². The van der Waals surface area contributed by atoms with E-state index in [1.54, 1.807) is 6.07 Å². The molecule has 1 aliphatic rings. The Morgan fingerprint density at radius 2 is 2.24 bits per heavy atom. The maximum absolute atomic E-state index is 10.0. The Morgan fingerprint density at radius 1 is 1.41 bits per heavy atom. The fourth-order valence-electron chi connectivity index (χ4n) is 2.86. The first-order valence-electron chi connectivity index (χ1n) is 6.21. The molecule has 0 saturated carbocycles. The zero-order chi connectivity index (χ0) is 12.0. The van der Waals surface area contributed by atoms with Crippen LogP contribution in [0.2, 0.25) is 0 Å². The van der Waals surface area contributed by atoms with E-state index in [4.69, 9.17) is 0 Å². The van der Waals surface area contributed by atoms with Crippen LogP contribution in [0.1, 0.15) is 18.1 Å². The Bertz CT molecular complexity index is 559. The van der Waals surface area contributed by atoms with Crippen molar-refractivity contribution in [1.29, 1.82) is 0 Å². The smallest absolute Gasteiger partial charge is 0.119 e. The van der Waals surface area contributed by atoms with Crippen LogP contribution in [-0.4, -0.2) is 34.6 Å². The lowest BCUT2D eigenvalue weighted by Crippen LogP contribution is -2.36. The van der Waals surface area contributed by atoms with Crippen molar-refractivity contribution in [3.63, 3.8) is 0 Å². The molecule has 3 rings (SSSR count). The molecule has 0 bridgehead atoms. The molecule has 2 N–H and O–H groups in total. The van der Waals surface area contributed by atoms with Gasteiger partial charge in [-0.2, -0.15) is 0 Å². The number of H-pyrrole nitrogens is 1. The molecule has 0 radical (unpaired) electrons. The van der Waals surface area contributed by atoms with Crippen molar-refractivity contribution < 1.29 is 5.11 Å². The first kappa shape index (κ1) is 10.7. The number of hydrogen-bond donors (Lipinski definition) is 2. The average Bonchev–Trinajstić information content (AvgIpc) is 2.77. The number of aromatic amines is 1. The molecule has 0 spiro atoms. The molecule has 1 aromatic heterocycles. The van der Waals surface area contributed by atoms with Gasteiger partial charge < -0.3 is 15.0 Å². The van der Waals surface area contributed by atoms with Crippen LogP contribution in [-0.2, 0) is 12.8 Å². The summed E-state index contributed by atoms with van der Waals surface area (Å²) in [6.45, 7) is 3.22. The topological polar surface area (TPSA) is 39.3 Å². The van der Waals surface area contributed by atoms with Gasteiger partial charge in [0.25, 0.3) is 0 Å². The molecule has 3 nitrogen and oxygen atoms in total. The third-order valence-electron chi connectivity index (χ3n) is 4.03. The van der Waals surface area contributed by atoms with E-state index in [9.17, 15) is 5.11 Å². The molecule has 1 aliphatic carbocycles. The van der Waals surface area contributed by atoms with Crippen molar-refractivity contribution in [1.82, 2.24) is 9.88 Å². The van der Waals surface area contributed by atoms with Crippen LogP contribution >= 0.6 is 0 Å². The summed E-state index contributed by atoms with van der Waals surface area (Å²) in [7, 11) is 2.15. The first-order chi connectivity index (χ1) is 8.20. The van der Waals surface area contributed by atoms with E-state index in [0.29, 0.717) is 11.8 Å². The largest absolute Gasteiger partial charge is 0.508 e. The number of phenols is 1. The second kappa shape index (κ2) is 3.77. The summed E-state index contributed by atoms with van der Waals surface area (Å²) >= 11 is 0. The maximum Gasteiger partial charge on any atom is 0.119 e. The van der Waals surface area contributed by atoms with E-state index in [0.717, 1.165) is 30.5 Å². The lowest BCUT2D eigenvalue weighted by Gasteiger charge is -2.30. The van der Waals surface area contributed by atoms with Crippen LogP contribution in [0, 0.1) is 0 Å². The van der Waals surface area contributed by atoms with Gasteiger partial charge in [-0.1, -0.05) is 6.92 Å². The fourth-order valence-corrected chi connectivity index (χ4v) is 2.86. The van der Waals surface area contributed by atoms with Crippen LogP contribution in [0.25, 0.3) is 10.9 Å². The number of phenolic OH excluding ortho intramolecular Hbond substituents is 1. The molecular weight excluding hydrogens is 212 g/mol. The number of aromatic hydroxyl groups is 1. The molecule has 1 unspecified atom stereocenters. The lowest BCUT2D eigenvalue weighted by atomic mass is 9.88. The van der Waals surface area contributed by atoms with E-state index in [2.05, 4.69) is 30.1 Å². The minimum absolute atomic E-state index is 0.438. The van der Waals surface area contributed by atoms with Crippen molar-refractivity contribution in [3.05, 3.63) is 29.5 Å². The summed E-state index contributed by atoms with van der Waals surface area (Å²) in [6, 6.07) is 4.26. The number of hydrogen-bond acceptors (Lipinski definition) is 2. The van der Waals surface area contributed by atoms with E-state index >= 15 is 0 Å². The lowest BCUT2D eigenvalue weighted by molar-refractivity contribution is 0.247. The third-order valence-corrected chi connectivity index (χ3v) is 4.03. The Labute approximate surface area is 101 Å². The SMILES string of the molecule is CCN(C)C1Cc2c[nH]c3ccc(O)c(c23)C1. The predicted molar refractivity (Wildman–Crippen MR) is 69.5 cm³/mol. The highest BCUT2D eigenvalue weighted by atomic mass is 16.3. The summed E-state index contributed by atoms with van der Waals surface area (Å²) in [6.07, 6.45) is 4.10. The van der Waals surface area contributed by atoms with Gasteiger partial charge in [-0.15, -0.1) is 0 Å². The van der Waals surface area contributed by atoms with Crippen LogP contribution in [0.4, 0.5) is 0 Å².